The second kappa shape index (κ2) is 14.3. The largest absolute Gasteiger partial charge is 0.468 e. The Morgan fingerprint density at radius 1 is 1.00 bits per heavy atom. The van der Waals surface area contributed by atoms with Gasteiger partial charge in [-0.3, -0.25) is 4.79 Å². The molecule has 0 aromatic carbocycles. The molecule has 80 valence electrons. The maximum Gasteiger partial charge on any atom is 0.293 e. The summed E-state index contributed by atoms with van der Waals surface area (Å²) in [6, 6.07) is 0. The summed E-state index contributed by atoms with van der Waals surface area (Å²) in [5.41, 5.74) is 0. The van der Waals surface area contributed by atoms with Gasteiger partial charge in [-0.15, -0.1) is 12.4 Å². The molecule has 0 heterocycles. The molecule has 0 radical (unpaired) electrons. The van der Waals surface area contributed by atoms with E-state index in [2.05, 4.69) is 11.7 Å². The molecule has 0 amide bonds. The topological polar surface area (TPSA) is 26.3 Å². The average molecular weight is 209 g/mol. The molecule has 0 saturated heterocycles. The van der Waals surface area contributed by atoms with Crippen molar-refractivity contribution in [1.29, 1.82) is 0 Å². The fraction of sp³-hybridized carbons (Fsp3) is 0.900. The number of ether oxygens (including phenoxy) is 1. The summed E-state index contributed by atoms with van der Waals surface area (Å²) in [6.45, 7) is 3.34. The molecule has 13 heavy (non-hydrogen) atoms. The minimum absolute atomic E-state index is 0. The zero-order valence-corrected chi connectivity index (χ0v) is 9.28. The van der Waals surface area contributed by atoms with Gasteiger partial charge in [0.25, 0.3) is 6.47 Å². The van der Waals surface area contributed by atoms with E-state index in [-0.39, 0.29) is 12.4 Å². The Balaban J connectivity index is 0. The first-order chi connectivity index (χ1) is 5.91. The summed E-state index contributed by atoms with van der Waals surface area (Å²) >= 11 is 0. The van der Waals surface area contributed by atoms with Gasteiger partial charge in [-0.1, -0.05) is 45.4 Å². The van der Waals surface area contributed by atoms with Gasteiger partial charge in [0, 0.05) is 0 Å². The highest BCUT2D eigenvalue weighted by atomic mass is 35.5. The minimum atomic E-state index is 0. The predicted octanol–water partition coefficient (Wildman–Crippen LogP) is 3.33. The number of rotatable bonds is 9. The van der Waals surface area contributed by atoms with Gasteiger partial charge < -0.3 is 4.74 Å². The number of carbonyl (C=O) groups excluding carboxylic acids is 1. The third-order valence-electron chi connectivity index (χ3n) is 1.93. The zero-order valence-electron chi connectivity index (χ0n) is 8.46. The number of hydrogen-bond donors (Lipinski definition) is 0. The van der Waals surface area contributed by atoms with Crippen molar-refractivity contribution in [2.45, 2.75) is 51.9 Å². The molecule has 0 bridgehead atoms. The lowest BCUT2D eigenvalue weighted by atomic mass is 10.1. The van der Waals surface area contributed by atoms with Crippen molar-refractivity contribution < 1.29 is 9.53 Å². The first-order valence-electron chi connectivity index (χ1n) is 4.97. The van der Waals surface area contributed by atoms with Crippen LogP contribution in [-0.4, -0.2) is 13.1 Å². The van der Waals surface area contributed by atoms with Crippen LogP contribution in [0, 0.1) is 0 Å². The summed E-state index contributed by atoms with van der Waals surface area (Å²) in [6.07, 6.45) is 8.82. The standard InChI is InChI=1S/C10H20O2.ClH/c1-2-3-4-5-6-7-8-9-12-10-11;/h10H,2-9H2,1H3;1H. The van der Waals surface area contributed by atoms with Gasteiger partial charge in [-0.05, 0) is 6.42 Å². The average Bonchev–Trinajstić information content (AvgIpc) is 2.10. The molecule has 0 aliphatic heterocycles. The van der Waals surface area contributed by atoms with Gasteiger partial charge in [0.15, 0.2) is 0 Å². The van der Waals surface area contributed by atoms with Crippen LogP contribution >= 0.6 is 12.4 Å². The monoisotopic (exact) mass is 208 g/mol. The van der Waals surface area contributed by atoms with Crippen LogP contribution in [0.5, 0.6) is 0 Å². The number of unbranched alkanes of at least 4 members (excludes halogenated alkanes) is 6. The normalized spacial score (nSPS) is 9.00. The highest BCUT2D eigenvalue weighted by Gasteiger charge is 1.90. The molecule has 0 unspecified atom stereocenters. The van der Waals surface area contributed by atoms with Crippen LogP contribution in [0.25, 0.3) is 0 Å². The SMILES string of the molecule is CCCCCCCCCOC=O.Cl. The van der Waals surface area contributed by atoms with Crippen LogP contribution in [-0.2, 0) is 9.53 Å². The molecule has 0 aromatic rings. The number of hydrogen-bond acceptors (Lipinski definition) is 2. The number of halogens is 1. The van der Waals surface area contributed by atoms with E-state index >= 15 is 0 Å². The fourth-order valence-corrected chi connectivity index (χ4v) is 1.19. The molecule has 0 rings (SSSR count). The molecule has 0 aliphatic rings. The fourth-order valence-electron chi connectivity index (χ4n) is 1.19. The van der Waals surface area contributed by atoms with E-state index in [1.54, 1.807) is 0 Å². The van der Waals surface area contributed by atoms with Crippen LogP contribution in [0.2, 0.25) is 0 Å². The van der Waals surface area contributed by atoms with Crippen LogP contribution in [0.1, 0.15) is 51.9 Å². The Morgan fingerprint density at radius 2 is 1.54 bits per heavy atom. The van der Waals surface area contributed by atoms with Gasteiger partial charge in [0.2, 0.25) is 0 Å². The Labute approximate surface area is 87.5 Å². The van der Waals surface area contributed by atoms with Gasteiger partial charge in [0.1, 0.15) is 0 Å². The molecule has 0 spiro atoms. The maximum absolute atomic E-state index is 9.76. The van der Waals surface area contributed by atoms with Crippen molar-refractivity contribution in [2.24, 2.45) is 0 Å². The van der Waals surface area contributed by atoms with E-state index in [1.807, 2.05) is 0 Å². The van der Waals surface area contributed by atoms with Gasteiger partial charge in [-0.2, -0.15) is 0 Å². The van der Waals surface area contributed by atoms with Crippen LogP contribution in [0.4, 0.5) is 0 Å². The lowest BCUT2D eigenvalue weighted by molar-refractivity contribution is -0.128. The van der Waals surface area contributed by atoms with E-state index in [0.717, 1.165) is 6.42 Å². The Bertz CT molecular complexity index is 96.9. The first kappa shape index (κ1) is 15.2. The predicted molar refractivity (Wildman–Crippen MR) is 57.3 cm³/mol. The third kappa shape index (κ3) is 14.6. The summed E-state index contributed by atoms with van der Waals surface area (Å²) in [5.74, 6) is 0. The van der Waals surface area contributed by atoms with Gasteiger partial charge >= 0.3 is 0 Å². The van der Waals surface area contributed by atoms with Crippen LogP contribution in [0.3, 0.4) is 0 Å². The second-order valence-electron chi connectivity index (χ2n) is 3.09. The summed E-state index contributed by atoms with van der Waals surface area (Å²) in [4.78, 5) is 9.76. The smallest absolute Gasteiger partial charge is 0.293 e. The zero-order chi connectivity index (χ0) is 9.07. The van der Waals surface area contributed by atoms with Crippen molar-refractivity contribution >= 4 is 18.9 Å². The van der Waals surface area contributed by atoms with E-state index < -0.39 is 0 Å². The van der Waals surface area contributed by atoms with Crippen molar-refractivity contribution in [3.63, 3.8) is 0 Å². The molecule has 0 aliphatic carbocycles. The van der Waals surface area contributed by atoms with E-state index in [1.165, 1.54) is 38.5 Å². The Hall–Kier alpha value is -0.240. The van der Waals surface area contributed by atoms with Crippen LogP contribution < -0.4 is 0 Å². The van der Waals surface area contributed by atoms with Crippen molar-refractivity contribution in [2.75, 3.05) is 6.61 Å². The summed E-state index contributed by atoms with van der Waals surface area (Å²) in [5, 5.41) is 0. The highest BCUT2D eigenvalue weighted by Crippen LogP contribution is 2.06. The molecule has 0 N–H and O–H groups in total. The molecule has 3 heteroatoms. The molecule has 0 saturated carbocycles. The Morgan fingerprint density at radius 3 is 2.08 bits per heavy atom. The quantitative estimate of drug-likeness (QED) is 0.429. The Kier molecular flexibility index (Phi) is 16.8. The lowest BCUT2D eigenvalue weighted by Crippen LogP contribution is -1.91. The highest BCUT2D eigenvalue weighted by molar-refractivity contribution is 5.85. The lowest BCUT2D eigenvalue weighted by Gasteiger charge is -1.99. The molecular formula is C10H21ClO2. The minimum Gasteiger partial charge on any atom is -0.468 e. The molecule has 0 atom stereocenters. The van der Waals surface area contributed by atoms with Crippen LogP contribution in [0.15, 0.2) is 0 Å². The molecule has 0 aromatic heterocycles. The number of carbonyl (C=O) groups is 1. The van der Waals surface area contributed by atoms with Crippen molar-refractivity contribution in [3.8, 4) is 0 Å². The van der Waals surface area contributed by atoms with Crippen molar-refractivity contribution in [1.82, 2.24) is 0 Å². The maximum atomic E-state index is 9.76. The van der Waals surface area contributed by atoms with E-state index in [4.69, 9.17) is 0 Å². The second-order valence-corrected chi connectivity index (χ2v) is 3.09. The summed E-state index contributed by atoms with van der Waals surface area (Å²) in [7, 11) is 0. The first-order valence-corrected chi connectivity index (χ1v) is 4.97. The molecule has 2 nitrogen and oxygen atoms in total. The molecule has 0 fully saturated rings. The van der Waals surface area contributed by atoms with Gasteiger partial charge in [0.05, 0.1) is 6.61 Å². The van der Waals surface area contributed by atoms with Crippen molar-refractivity contribution in [3.05, 3.63) is 0 Å². The third-order valence-corrected chi connectivity index (χ3v) is 1.93. The molecular weight excluding hydrogens is 188 g/mol. The summed E-state index contributed by atoms with van der Waals surface area (Å²) < 4.78 is 4.58. The van der Waals surface area contributed by atoms with E-state index in [9.17, 15) is 4.79 Å². The van der Waals surface area contributed by atoms with E-state index in [0.29, 0.717) is 13.1 Å². The van der Waals surface area contributed by atoms with Gasteiger partial charge in [-0.25, -0.2) is 0 Å².